The maximum atomic E-state index is 14.3. The molecule has 3 heterocycles. The molecule has 6 rings (SSSR count). The summed E-state index contributed by atoms with van der Waals surface area (Å²) in [5.74, 6) is 0.608. The number of benzene rings is 3. The summed E-state index contributed by atoms with van der Waals surface area (Å²) >= 11 is 0. The Morgan fingerprint density at radius 1 is 0.929 bits per heavy atom. The summed E-state index contributed by atoms with van der Waals surface area (Å²) in [5, 5.41) is 5.09. The third-order valence-electron chi connectivity index (χ3n) is 7.12. The van der Waals surface area contributed by atoms with E-state index >= 15 is 0 Å². The number of aromatic nitrogens is 2. The Bertz CT molecular complexity index is 1880. The molecule has 0 unspecified atom stereocenters. The summed E-state index contributed by atoms with van der Waals surface area (Å²) in [7, 11) is 0. The maximum Gasteiger partial charge on any atom is 0.307 e. The number of hydrazone groups is 1. The summed E-state index contributed by atoms with van der Waals surface area (Å²) in [6, 6.07) is 29.8. The van der Waals surface area contributed by atoms with Crippen LogP contribution >= 0.6 is 0 Å². The van der Waals surface area contributed by atoms with E-state index in [1.165, 1.54) is 17.5 Å². The number of hydrogen-bond acceptors (Lipinski definition) is 4. The lowest BCUT2D eigenvalue weighted by molar-refractivity contribution is 0.0923. The molecular formula is C34H29FN4O3. The van der Waals surface area contributed by atoms with Gasteiger partial charge >= 0.3 is 5.91 Å². The van der Waals surface area contributed by atoms with Crippen LogP contribution < -0.4 is 10.2 Å². The fraction of sp³-hybridized carbons (Fsp3) is 0.118. The number of nitrogens with one attached hydrogen (secondary N) is 1. The molecule has 42 heavy (non-hydrogen) atoms. The molecule has 6 aromatic rings. The van der Waals surface area contributed by atoms with Crippen molar-refractivity contribution < 1.29 is 18.3 Å². The van der Waals surface area contributed by atoms with Crippen molar-refractivity contribution in [1.82, 2.24) is 14.6 Å². The minimum absolute atomic E-state index is 0.127. The lowest BCUT2D eigenvalue weighted by atomic mass is 10.2. The topological polar surface area (TPSA) is 73.7 Å². The Hall–Kier alpha value is -5.37. The van der Waals surface area contributed by atoms with Crippen molar-refractivity contribution in [2.45, 2.75) is 27.0 Å². The Balaban J connectivity index is 1.07. The minimum atomic E-state index is -0.477. The van der Waals surface area contributed by atoms with E-state index in [1.807, 2.05) is 65.4 Å². The lowest BCUT2D eigenvalue weighted by Gasteiger charge is -2.10. The summed E-state index contributed by atoms with van der Waals surface area (Å²) < 4.78 is 29.9. The second-order valence-electron chi connectivity index (χ2n) is 10.0. The van der Waals surface area contributed by atoms with Gasteiger partial charge in [-0.1, -0.05) is 36.4 Å². The van der Waals surface area contributed by atoms with Crippen molar-refractivity contribution in [3.05, 3.63) is 143 Å². The number of fused-ring (bicyclic) bond motifs is 1. The van der Waals surface area contributed by atoms with Gasteiger partial charge in [-0.25, -0.2) is 9.82 Å². The molecule has 0 bridgehead atoms. The number of hydrogen-bond donors (Lipinski definition) is 1. The highest BCUT2D eigenvalue weighted by Crippen LogP contribution is 2.23. The van der Waals surface area contributed by atoms with E-state index in [0.717, 1.165) is 22.2 Å². The number of carbonyl (C=O) groups is 1. The lowest BCUT2D eigenvalue weighted by Crippen LogP contribution is -2.16. The number of nitrogens with zero attached hydrogens (tertiary/aromatic N) is 3. The van der Waals surface area contributed by atoms with Crippen molar-refractivity contribution in [2.24, 2.45) is 5.10 Å². The predicted octanol–water partition coefficient (Wildman–Crippen LogP) is 7.17. The Kier molecular flexibility index (Phi) is 7.43. The van der Waals surface area contributed by atoms with Gasteiger partial charge < -0.3 is 18.3 Å². The first-order valence-electron chi connectivity index (χ1n) is 13.6. The zero-order valence-corrected chi connectivity index (χ0v) is 23.3. The number of para-hydroxylation sites is 1. The summed E-state index contributed by atoms with van der Waals surface area (Å²) in [5.41, 5.74) is 8.24. The van der Waals surface area contributed by atoms with Crippen molar-refractivity contribution in [3.63, 3.8) is 0 Å². The van der Waals surface area contributed by atoms with E-state index in [1.54, 1.807) is 30.5 Å². The van der Waals surface area contributed by atoms with Gasteiger partial charge in [0.05, 0.1) is 12.8 Å². The van der Waals surface area contributed by atoms with Gasteiger partial charge in [-0.3, -0.25) is 4.79 Å². The van der Waals surface area contributed by atoms with Crippen molar-refractivity contribution >= 4 is 23.0 Å². The number of ether oxygens (including phenoxy) is 1. The molecule has 1 amide bonds. The molecule has 210 valence electrons. The largest absolute Gasteiger partial charge is 0.486 e. The Morgan fingerprint density at radius 2 is 1.67 bits per heavy atom. The Labute approximate surface area is 242 Å². The van der Waals surface area contributed by atoms with Crippen LogP contribution in [0.2, 0.25) is 0 Å². The van der Waals surface area contributed by atoms with Crippen LogP contribution in [0, 0.1) is 19.7 Å². The molecule has 7 nitrogen and oxygen atoms in total. The fourth-order valence-electron chi connectivity index (χ4n) is 5.03. The molecule has 3 aromatic heterocycles. The van der Waals surface area contributed by atoms with Crippen LogP contribution in [-0.2, 0) is 13.2 Å². The second-order valence-corrected chi connectivity index (χ2v) is 10.0. The summed E-state index contributed by atoms with van der Waals surface area (Å²) in [6.07, 6.45) is 3.47. The molecule has 0 fully saturated rings. The predicted molar refractivity (Wildman–Crippen MR) is 161 cm³/mol. The van der Waals surface area contributed by atoms with E-state index in [0.29, 0.717) is 23.6 Å². The quantitative estimate of drug-likeness (QED) is 0.150. The van der Waals surface area contributed by atoms with E-state index in [2.05, 4.69) is 41.1 Å². The van der Waals surface area contributed by atoms with Crippen LogP contribution in [0.15, 0.2) is 113 Å². The van der Waals surface area contributed by atoms with E-state index in [9.17, 15) is 9.18 Å². The van der Waals surface area contributed by atoms with Crippen molar-refractivity contribution in [2.75, 3.05) is 0 Å². The van der Waals surface area contributed by atoms with Gasteiger partial charge in [0, 0.05) is 45.3 Å². The number of amides is 1. The SMILES string of the molecule is Cc1ccc(C)n1-c1ccc(OCc2ccc(C(=O)N/N=C/c3cn(Cc4ccccc4F)c4ccccc34)o2)cc1. The van der Waals surface area contributed by atoms with Crippen LogP contribution in [0.25, 0.3) is 16.6 Å². The highest BCUT2D eigenvalue weighted by Gasteiger charge is 2.13. The van der Waals surface area contributed by atoms with Gasteiger partial charge in [0.1, 0.15) is 23.9 Å². The second kappa shape index (κ2) is 11.6. The third kappa shape index (κ3) is 5.60. The van der Waals surface area contributed by atoms with E-state index < -0.39 is 5.91 Å². The van der Waals surface area contributed by atoms with Crippen LogP contribution in [0.1, 0.15) is 38.8 Å². The smallest absolute Gasteiger partial charge is 0.307 e. The first-order valence-corrected chi connectivity index (χ1v) is 13.6. The number of carbonyl (C=O) groups excluding carboxylic acids is 1. The molecule has 0 aliphatic heterocycles. The van der Waals surface area contributed by atoms with Gasteiger partial charge in [-0.15, -0.1) is 0 Å². The average Bonchev–Trinajstić information content (AvgIpc) is 3.71. The Morgan fingerprint density at radius 3 is 2.45 bits per heavy atom. The molecular weight excluding hydrogens is 531 g/mol. The molecule has 0 radical (unpaired) electrons. The number of aryl methyl sites for hydroxylation is 2. The molecule has 8 heteroatoms. The van der Waals surface area contributed by atoms with E-state index in [4.69, 9.17) is 9.15 Å². The monoisotopic (exact) mass is 560 g/mol. The number of furan rings is 1. The van der Waals surface area contributed by atoms with Crippen LogP contribution in [-0.4, -0.2) is 21.3 Å². The molecule has 1 N–H and O–H groups in total. The molecule has 0 spiro atoms. The number of halogens is 1. The summed E-state index contributed by atoms with van der Waals surface area (Å²) in [4.78, 5) is 12.7. The molecule has 0 saturated heterocycles. The normalized spacial score (nSPS) is 11.4. The molecule has 0 aliphatic rings. The van der Waals surface area contributed by atoms with Gasteiger partial charge in [0.25, 0.3) is 0 Å². The average molecular weight is 561 g/mol. The zero-order valence-electron chi connectivity index (χ0n) is 23.3. The first-order chi connectivity index (χ1) is 20.5. The molecule has 0 saturated carbocycles. The highest BCUT2D eigenvalue weighted by atomic mass is 19.1. The van der Waals surface area contributed by atoms with Gasteiger partial charge in [0.15, 0.2) is 5.76 Å². The molecule has 3 aromatic carbocycles. The van der Waals surface area contributed by atoms with Gasteiger partial charge in [0.2, 0.25) is 0 Å². The zero-order chi connectivity index (χ0) is 29.1. The third-order valence-corrected chi connectivity index (χ3v) is 7.12. The highest BCUT2D eigenvalue weighted by molar-refractivity contribution is 6.00. The summed E-state index contributed by atoms with van der Waals surface area (Å²) in [6.45, 7) is 4.70. The first kappa shape index (κ1) is 26.8. The van der Waals surface area contributed by atoms with Gasteiger partial charge in [-0.05, 0) is 74.5 Å². The number of rotatable bonds is 9. The van der Waals surface area contributed by atoms with Crippen LogP contribution in [0.4, 0.5) is 4.39 Å². The minimum Gasteiger partial charge on any atom is -0.486 e. The molecule has 0 atom stereocenters. The maximum absolute atomic E-state index is 14.3. The van der Waals surface area contributed by atoms with Crippen LogP contribution in [0.5, 0.6) is 5.75 Å². The standard InChI is InChI=1S/C34H29FN4O3/c1-23-11-12-24(2)39(23)27-13-15-28(16-14-27)41-22-29-17-18-33(42-29)34(40)37-36-19-26-21-38(32-10-6-4-8-30(26)32)20-25-7-3-5-9-31(25)35/h3-19,21H,20,22H2,1-2H3,(H,37,40)/b36-19+. The van der Waals surface area contributed by atoms with Gasteiger partial charge in [-0.2, -0.15) is 5.10 Å². The van der Waals surface area contributed by atoms with Crippen molar-refractivity contribution in [3.8, 4) is 11.4 Å². The van der Waals surface area contributed by atoms with E-state index in [-0.39, 0.29) is 18.2 Å². The fourth-order valence-corrected chi connectivity index (χ4v) is 5.03. The van der Waals surface area contributed by atoms with Crippen LogP contribution in [0.3, 0.4) is 0 Å². The molecule has 0 aliphatic carbocycles. The van der Waals surface area contributed by atoms with Crippen molar-refractivity contribution in [1.29, 1.82) is 0 Å².